The molecule has 30 heavy (non-hydrogen) atoms. The van der Waals surface area contributed by atoms with Gasteiger partial charge in [0.1, 0.15) is 5.82 Å². The van der Waals surface area contributed by atoms with Crippen molar-refractivity contribution in [3.63, 3.8) is 0 Å². The molecule has 3 N–H and O–H groups in total. The number of carbonyl (C=O) groups is 1. The highest BCUT2D eigenvalue weighted by Gasteiger charge is 2.18. The molecule has 158 valence electrons. The van der Waals surface area contributed by atoms with Gasteiger partial charge in [-0.3, -0.25) is 9.52 Å². The third kappa shape index (κ3) is 5.42. The maximum Gasteiger partial charge on any atom is 0.273 e. The molecule has 0 fully saturated rings. The molecule has 0 bridgehead atoms. The average molecular weight is 448 g/mol. The first-order valence-corrected chi connectivity index (χ1v) is 11.1. The summed E-state index contributed by atoms with van der Waals surface area (Å²) in [7, 11) is -0.0217. The number of benzene rings is 1. The van der Waals surface area contributed by atoms with Crippen LogP contribution in [-0.2, 0) is 14.8 Å². The first-order valence-electron chi connectivity index (χ1n) is 8.79. The SMILES string of the molecule is CC(=O)Nc1ncc(S(=O)(=O)Nc2ccc(Nc3nc(C)cc(N(C)C)n3)cc2)s1. The van der Waals surface area contributed by atoms with Crippen molar-refractivity contribution in [2.45, 2.75) is 18.1 Å². The van der Waals surface area contributed by atoms with E-state index in [1.807, 2.05) is 32.0 Å². The maximum absolute atomic E-state index is 12.5. The molecule has 0 aliphatic heterocycles. The van der Waals surface area contributed by atoms with E-state index in [0.717, 1.165) is 22.8 Å². The van der Waals surface area contributed by atoms with Crippen LogP contribution in [0.15, 0.2) is 40.7 Å². The van der Waals surface area contributed by atoms with Crippen LogP contribution in [0.2, 0.25) is 0 Å². The highest BCUT2D eigenvalue weighted by atomic mass is 32.2. The summed E-state index contributed by atoms with van der Waals surface area (Å²) < 4.78 is 27.5. The zero-order chi connectivity index (χ0) is 21.9. The second-order valence-corrected chi connectivity index (χ2v) is 9.50. The van der Waals surface area contributed by atoms with Crippen LogP contribution in [-0.4, -0.2) is 43.4 Å². The van der Waals surface area contributed by atoms with Gasteiger partial charge < -0.3 is 15.5 Å². The van der Waals surface area contributed by atoms with Gasteiger partial charge in [0.05, 0.1) is 6.20 Å². The van der Waals surface area contributed by atoms with Gasteiger partial charge in [0.25, 0.3) is 10.0 Å². The average Bonchev–Trinajstić information content (AvgIpc) is 3.11. The highest BCUT2D eigenvalue weighted by Crippen LogP contribution is 2.26. The van der Waals surface area contributed by atoms with Gasteiger partial charge >= 0.3 is 0 Å². The summed E-state index contributed by atoms with van der Waals surface area (Å²) in [6.45, 7) is 3.21. The Hall–Kier alpha value is -3.25. The molecule has 1 amide bonds. The van der Waals surface area contributed by atoms with Gasteiger partial charge in [-0.2, -0.15) is 4.98 Å². The molecule has 0 aliphatic rings. The van der Waals surface area contributed by atoms with Crippen molar-refractivity contribution >= 4 is 55.5 Å². The van der Waals surface area contributed by atoms with Gasteiger partial charge in [-0.05, 0) is 31.2 Å². The lowest BCUT2D eigenvalue weighted by Gasteiger charge is -2.14. The molecule has 2 heterocycles. The molecule has 0 unspecified atom stereocenters. The van der Waals surface area contributed by atoms with Crippen LogP contribution < -0.4 is 20.3 Å². The molecule has 3 aromatic rings. The number of hydrogen-bond donors (Lipinski definition) is 3. The van der Waals surface area contributed by atoms with E-state index < -0.39 is 10.0 Å². The minimum absolute atomic E-state index is 0.00201. The molecule has 1 aromatic carbocycles. The minimum atomic E-state index is -3.82. The summed E-state index contributed by atoms with van der Waals surface area (Å²) in [5.41, 5.74) is 1.91. The van der Waals surface area contributed by atoms with E-state index in [-0.39, 0.29) is 15.2 Å². The topological polar surface area (TPSA) is 129 Å². The van der Waals surface area contributed by atoms with E-state index in [9.17, 15) is 13.2 Å². The third-order valence-electron chi connectivity index (χ3n) is 3.72. The molecule has 0 spiro atoms. The summed E-state index contributed by atoms with van der Waals surface area (Å²) in [6, 6.07) is 8.55. The summed E-state index contributed by atoms with van der Waals surface area (Å²) in [5, 5.41) is 5.79. The van der Waals surface area contributed by atoms with Gasteiger partial charge in [-0.1, -0.05) is 11.3 Å². The number of aryl methyl sites for hydroxylation is 1. The summed E-state index contributed by atoms with van der Waals surface area (Å²) in [6.07, 6.45) is 1.20. The predicted molar refractivity (Wildman–Crippen MR) is 118 cm³/mol. The van der Waals surface area contributed by atoms with E-state index in [4.69, 9.17) is 0 Å². The minimum Gasteiger partial charge on any atom is -0.363 e. The summed E-state index contributed by atoms with van der Waals surface area (Å²) in [5.74, 6) is 0.902. The number of anilines is 5. The zero-order valence-corrected chi connectivity index (χ0v) is 18.4. The predicted octanol–water partition coefficient (Wildman–Crippen LogP) is 2.81. The standard InChI is InChI=1S/C18H21N7O3S2/c1-11-9-15(25(3)4)23-17(20-11)22-13-5-7-14(8-6-13)24-30(27,28)16-10-19-18(29-16)21-12(2)26/h5-10,24H,1-4H3,(H,19,21,26)(H,20,22,23). The van der Waals surface area contributed by atoms with Crippen molar-refractivity contribution in [3.05, 3.63) is 42.2 Å². The van der Waals surface area contributed by atoms with Gasteiger partial charge in [0, 0.05) is 44.2 Å². The lowest BCUT2D eigenvalue weighted by Crippen LogP contribution is -2.13. The smallest absolute Gasteiger partial charge is 0.273 e. The Kier molecular flexibility index (Phi) is 6.17. The highest BCUT2D eigenvalue weighted by molar-refractivity contribution is 7.94. The lowest BCUT2D eigenvalue weighted by molar-refractivity contribution is -0.114. The number of sulfonamides is 1. The molecule has 10 nitrogen and oxygen atoms in total. The Labute approximate surface area is 178 Å². The van der Waals surface area contributed by atoms with Crippen LogP contribution >= 0.6 is 11.3 Å². The Morgan fingerprint density at radius 3 is 2.40 bits per heavy atom. The Bertz CT molecular complexity index is 1160. The molecular weight excluding hydrogens is 426 g/mol. The van der Waals surface area contributed by atoms with Crippen LogP contribution in [0.3, 0.4) is 0 Å². The van der Waals surface area contributed by atoms with Crippen LogP contribution in [0.4, 0.5) is 28.3 Å². The molecular formula is C18H21N7O3S2. The van der Waals surface area contributed by atoms with Crippen LogP contribution in [0.1, 0.15) is 12.6 Å². The second-order valence-electron chi connectivity index (χ2n) is 6.56. The number of hydrogen-bond acceptors (Lipinski definition) is 9. The molecule has 3 rings (SSSR count). The fraction of sp³-hybridized carbons (Fsp3) is 0.222. The van der Waals surface area contributed by atoms with Crippen LogP contribution in [0.25, 0.3) is 0 Å². The van der Waals surface area contributed by atoms with Crippen molar-refractivity contribution in [1.29, 1.82) is 0 Å². The molecule has 2 aromatic heterocycles. The van der Waals surface area contributed by atoms with Crippen molar-refractivity contribution in [2.24, 2.45) is 0 Å². The second kappa shape index (κ2) is 8.63. The summed E-state index contributed by atoms with van der Waals surface area (Å²) >= 11 is 0.871. The number of carbonyl (C=O) groups excluding carboxylic acids is 1. The van der Waals surface area contributed by atoms with Crippen LogP contribution in [0, 0.1) is 6.92 Å². The van der Waals surface area contributed by atoms with E-state index in [1.54, 1.807) is 24.3 Å². The van der Waals surface area contributed by atoms with E-state index in [1.165, 1.54) is 13.1 Å². The lowest BCUT2D eigenvalue weighted by atomic mass is 10.3. The molecule has 0 aliphatic carbocycles. The van der Waals surface area contributed by atoms with E-state index >= 15 is 0 Å². The quantitative estimate of drug-likeness (QED) is 0.504. The zero-order valence-electron chi connectivity index (χ0n) is 16.8. The van der Waals surface area contributed by atoms with Crippen molar-refractivity contribution in [3.8, 4) is 0 Å². The molecule has 0 atom stereocenters. The first-order chi connectivity index (χ1) is 14.1. The van der Waals surface area contributed by atoms with Crippen molar-refractivity contribution < 1.29 is 13.2 Å². The monoisotopic (exact) mass is 447 g/mol. The van der Waals surface area contributed by atoms with E-state index in [2.05, 4.69) is 30.3 Å². The first kappa shape index (κ1) is 21.5. The largest absolute Gasteiger partial charge is 0.363 e. The van der Waals surface area contributed by atoms with E-state index in [0.29, 0.717) is 17.3 Å². The molecule has 0 radical (unpaired) electrons. The Morgan fingerprint density at radius 2 is 1.77 bits per heavy atom. The molecule has 12 heteroatoms. The number of amides is 1. The van der Waals surface area contributed by atoms with Crippen LogP contribution in [0.5, 0.6) is 0 Å². The van der Waals surface area contributed by atoms with Gasteiger partial charge in [-0.15, -0.1) is 0 Å². The number of nitrogens with zero attached hydrogens (tertiary/aromatic N) is 4. The Morgan fingerprint density at radius 1 is 1.10 bits per heavy atom. The molecule has 0 saturated carbocycles. The third-order valence-corrected chi connectivity index (χ3v) is 6.48. The van der Waals surface area contributed by atoms with Gasteiger partial charge in [0.2, 0.25) is 11.9 Å². The number of thiazole rings is 1. The summed E-state index contributed by atoms with van der Waals surface area (Å²) in [4.78, 5) is 25.6. The fourth-order valence-corrected chi connectivity index (χ4v) is 4.52. The molecule has 0 saturated heterocycles. The van der Waals surface area contributed by atoms with Crippen molar-refractivity contribution in [1.82, 2.24) is 15.0 Å². The fourth-order valence-electron chi connectivity index (χ4n) is 2.39. The Balaban J connectivity index is 1.71. The van der Waals surface area contributed by atoms with Gasteiger partial charge in [0.15, 0.2) is 9.34 Å². The van der Waals surface area contributed by atoms with Crippen molar-refractivity contribution in [2.75, 3.05) is 34.4 Å². The number of aromatic nitrogens is 3. The number of rotatable bonds is 7. The van der Waals surface area contributed by atoms with Gasteiger partial charge in [-0.25, -0.2) is 18.4 Å². The number of nitrogens with one attached hydrogen (secondary N) is 3. The maximum atomic E-state index is 12.5. The normalized spacial score (nSPS) is 11.1.